The molecule has 10 nitrogen and oxygen atoms in total. The molecule has 0 aliphatic carbocycles. The predicted octanol–water partition coefficient (Wildman–Crippen LogP) is 2.52. The number of benzene rings is 1. The zero-order valence-corrected chi connectivity index (χ0v) is 19.8. The van der Waals surface area contributed by atoms with E-state index in [1.54, 1.807) is 48.8 Å². The summed E-state index contributed by atoms with van der Waals surface area (Å²) in [7, 11) is -1.70. The maximum atomic E-state index is 13.0. The highest BCUT2D eigenvalue weighted by atomic mass is 32.2. The van der Waals surface area contributed by atoms with Crippen LogP contribution in [0, 0.1) is 0 Å². The van der Waals surface area contributed by atoms with Gasteiger partial charge < -0.3 is 20.3 Å². The van der Waals surface area contributed by atoms with Crippen molar-refractivity contribution in [3.8, 4) is 17.1 Å². The first-order valence-electron chi connectivity index (χ1n) is 11.0. The molecule has 1 amide bonds. The Morgan fingerprint density at radius 3 is 2.57 bits per heavy atom. The Labute approximate surface area is 202 Å². The number of nitrogens with zero attached hydrogens (tertiary/aromatic N) is 4. The number of fused-ring (bicyclic) bond motifs is 1. The molecule has 1 aliphatic heterocycles. The fraction of sp³-hybridized carbons (Fsp3) is 0.208. The summed E-state index contributed by atoms with van der Waals surface area (Å²) in [4.78, 5) is 26.1. The number of sulfonamides is 1. The van der Waals surface area contributed by atoms with Gasteiger partial charge in [0.05, 0.1) is 23.1 Å². The van der Waals surface area contributed by atoms with Gasteiger partial charge in [-0.3, -0.25) is 14.8 Å². The lowest BCUT2D eigenvalue weighted by Crippen LogP contribution is -2.47. The number of aromatic hydroxyl groups is 1. The average Bonchev–Trinajstić information content (AvgIpc) is 3.20. The lowest BCUT2D eigenvalue weighted by Gasteiger charge is -2.31. The van der Waals surface area contributed by atoms with Gasteiger partial charge in [0.15, 0.2) is 5.88 Å². The minimum absolute atomic E-state index is 0.0988. The highest BCUT2D eigenvalue weighted by Crippen LogP contribution is 2.36. The summed E-state index contributed by atoms with van der Waals surface area (Å²) in [6.45, 7) is 2.19. The van der Waals surface area contributed by atoms with Crippen molar-refractivity contribution in [1.29, 1.82) is 0 Å². The van der Waals surface area contributed by atoms with Crippen LogP contribution in [0.5, 0.6) is 5.88 Å². The molecule has 0 unspecified atom stereocenters. The van der Waals surface area contributed by atoms with E-state index in [1.165, 1.54) is 16.6 Å². The van der Waals surface area contributed by atoms with E-state index in [9.17, 15) is 18.3 Å². The molecule has 35 heavy (non-hydrogen) atoms. The van der Waals surface area contributed by atoms with Crippen molar-refractivity contribution in [3.63, 3.8) is 0 Å². The minimum Gasteiger partial charge on any atom is -0.494 e. The normalized spacial score (nSPS) is 15.3. The van der Waals surface area contributed by atoms with Crippen LogP contribution in [-0.4, -0.2) is 76.8 Å². The van der Waals surface area contributed by atoms with Gasteiger partial charge in [0.25, 0.3) is 5.91 Å². The van der Waals surface area contributed by atoms with Gasteiger partial charge in [0.1, 0.15) is 4.90 Å². The molecular weight excluding hydrogens is 468 g/mol. The monoisotopic (exact) mass is 492 g/mol. The summed E-state index contributed by atoms with van der Waals surface area (Å²) in [5, 5.41) is 13.9. The number of aromatic amines is 1. The number of anilines is 1. The first kappa shape index (κ1) is 23.0. The maximum absolute atomic E-state index is 13.0. The Balaban J connectivity index is 1.45. The number of nitrogens with one attached hydrogen (secondary N) is 2. The summed E-state index contributed by atoms with van der Waals surface area (Å²) in [5.41, 5.74) is 2.34. The Morgan fingerprint density at radius 1 is 1.09 bits per heavy atom. The minimum atomic E-state index is -3.66. The molecule has 0 atom stereocenters. The van der Waals surface area contributed by atoms with Crippen LogP contribution in [-0.2, 0) is 10.0 Å². The number of carbonyl (C=O) groups excluding carboxylic acids is 1. The van der Waals surface area contributed by atoms with E-state index in [2.05, 4.69) is 25.2 Å². The second kappa shape index (κ2) is 9.10. The van der Waals surface area contributed by atoms with Crippen molar-refractivity contribution in [3.05, 3.63) is 66.6 Å². The van der Waals surface area contributed by atoms with Gasteiger partial charge in [-0.2, -0.15) is 4.31 Å². The van der Waals surface area contributed by atoms with Crippen LogP contribution >= 0.6 is 0 Å². The summed E-state index contributed by atoms with van der Waals surface area (Å²) >= 11 is 0. The molecule has 0 bridgehead atoms. The van der Waals surface area contributed by atoms with Crippen molar-refractivity contribution >= 4 is 32.5 Å². The molecule has 1 aromatic carbocycles. The molecule has 5 rings (SSSR count). The van der Waals surface area contributed by atoms with Gasteiger partial charge in [-0.15, -0.1) is 0 Å². The number of piperazine rings is 1. The molecule has 0 saturated carbocycles. The third kappa shape index (κ3) is 4.48. The average molecular weight is 493 g/mol. The van der Waals surface area contributed by atoms with Gasteiger partial charge in [-0.1, -0.05) is 0 Å². The van der Waals surface area contributed by atoms with Crippen molar-refractivity contribution in [2.24, 2.45) is 0 Å². The number of hydrogen-bond acceptors (Lipinski definition) is 7. The summed E-state index contributed by atoms with van der Waals surface area (Å²) in [5.74, 6) is -0.444. The fourth-order valence-electron chi connectivity index (χ4n) is 4.08. The van der Waals surface area contributed by atoms with Crippen LogP contribution in [0.25, 0.3) is 22.2 Å². The molecule has 0 spiro atoms. The SMILES string of the molecule is CN1CCN(S(=O)(=O)c2ccc(-c3c(O)[nH]c4ccc(C(=O)Nc5cccnc5)cc34)nc2)CC1. The smallest absolute Gasteiger partial charge is 0.255 e. The van der Waals surface area contributed by atoms with Crippen LogP contribution < -0.4 is 5.32 Å². The number of carbonyl (C=O) groups is 1. The lowest BCUT2D eigenvalue weighted by atomic mass is 10.1. The van der Waals surface area contributed by atoms with Gasteiger partial charge in [0.2, 0.25) is 10.0 Å². The highest BCUT2D eigenvalue weighted by molar-refractivity contribution is 7.89. The van der Waals surface area contributed by atoms with Crippen molar-refractivity contribution in [2.75, 3.05) is 38.5 Å². The second-order valence-electron chi connectivity index (χ2n) is 8.39. The molecule has 11 heteroatoms. The summed E-state index contributed by atoms with van der Waals surface area (Å²) in [6.07, 6.45) is 4.47. The van der Waals surface area contributed by atoms with Crippen LogP contribution in [0.15, 0.2) is 66.0 Å². The molecule has 1 saturated heterocycles. The number of H-pyrrole nitrogens is 1. The lowest BCUT2D eigenvalue weighted by molar-refractivity contribution is 0.102. The number of aromatic nitrogens is 3. The Bertz CT molecular complexity index is 1480. The summed E-state index contributed by atoms with van der Waals surface area (Å²) < 4.78 is 27.5. The zero-order chi connectivity index (χ0) is 24.6. The Kier molecular flexibility index (Phi) is 5.97. The van der Waals surface area contributed by atoms with E-state index < -0.39 is 10.0 Å². The van der Waals surface area contributed by atoms with E-state index in [0.717, 1.165) is 0 Å². The van der Waals surface area contributed by atoms with Crippen LogP contribution in [0.2, 0.25) is 0 Å². The van der Waals surface area contributed by atoms with Crippen molar-refractivity contribution in [2.45, 2.75) is 4.90 Å². The van der Waals surface area contributed by atoms with E-state index in [4.69, 9.17) is 0 Å². The zero-order valence-electron chi connectivity index (χ0n) is 19.0. The largest absolute Gasteiger partial charge is 0.494 e. The molecule has 1 aliphatic rings. The van der Waals surface area contributed by atoms with E-state index in [-0.39, 0.29) is 16.7 Å². The topological polar surface area (TPSA) is 132 Å². The van der Waals surface area contributed by atoms with E-state index >= 15 is 0 Å². The quantitative estimate of drug-likeness (QED) is 0.390. The number of likely N-dealkylation sites (N-methyl/N-ethyl adjacent to an activating group) is 1. The van der Waals surface area contributed by atoms with Gasteiger partial charge in [-0.05, 0) is 49.5 Å². The van der Waals surface area contributed by atoms with Crippen molar-refractivity contribution < 1.29 is 18.3 Å². The first-order chi connectivity index (χ1) is 16.8. The van der Waals surface area contributed by atoms with E-state index in [0.29, 0.717) is 59.6 Å². The third-order valence-electron chi connectivity index (χ3n) is 6.05. The summed E-state index contributed by atoms with van der Waals surface area (Å²) in [6, 6.07) is 11.5. The van der Waals surface area contributed by atoms with Crippen LogP contribution in [0.4, 0.5) is 5.69 Å². The van der Waals surface area contributed by atoms with Crippen molar-refractivity contribution in [1.82, 2.24) is 24.2 Å². The van der Waals surface area contributed by atoms with Gasteiger partial charge >= 0.3 is 0 Å². The number of rotatable bonds is 5. The second-order valence-corrected chi connectivity index (χ2v) is 10.3. The van der Waals surface area contributed by atoms with Crippen LogP contribution in [0.3, 0.4) is 0 Å². The molecule has 4 heterocycles. The predicted molar refractivity (Wildman–Crippen MR) is 132 cm³/mol. The molecule has 3 N–H and O–H groups in total. The van der Waals surface area contributed by atoms with Gasteiger partial charge in [0, 0.05) is 55.0 Å². The van der Waals surface area contributed by atoms with E-state index in [1.807, 2.05) is 7.05 Å². The Morgan fingerprint density at radius 2 is 1.89 bits per heavy atom. The number of pyridine rings is 2. The molecule has 3 aromatic heterocycles. The van der Waals surface area contributed by atoms with Gasteiger partial charge in [-0.25, -0.2) is 8.42 Å². The standard InChI is InChI=1S/C24H24N6O4S/c1-29-9-11-30(12-10-29)35(33,34)18-5-7-21(26-15-18)22-19-13-16(4-6-20(19)28-24(22)32)23(31)27-17-3-2-8-25-14-17/h2-8,13-15,28,32H,9-12H2,1H3,(H,27,31). The molecular formula is C24H24N6O4S. The highest BCUT2D eigenvalue weighted by Gasteiger charge is 2.28. The maximum Gasteiger partial charge on any atom is 0.255 e. The molecule has 1 fully saturated rings. The first-order valence-corrected chi connectivity index (χ1v) is 12.5. The molecule has 0 radical (unpaired) electrons. The number of amides is 1. The fourth-order valence-corrected chi connectivity index (χ4v) is 5.44. The number of hydrogen-bond donors (Lipinski definition) is 3. The third-order valence-corrected chi connectivity index (χ3v) is 7.94. The molecule has 4 aromatic rings. The Hall–Kier alpha value is -3.80. The molecule has 180 valence electrons. The van der Waals surface area contributed by atoms with Crippen LogP contribution in [0.1, 0.15) is 10.4 Å².